The van der Waals surface area contributed by atoms with Gasteiger partial charge in [-0.2, -0.15) is 0 Å². The molecule has 0 saturated heterocycles. The molecule has 0 unspecified atom stereocenters. The second-order valence-corrected chi connectivity index (χ2v) is 6.91. The lowest BCUT2D eigenvalue weighted by molar-refractivity contribution is 0.354. The Morgan fingerprint density at radius 1 is 1.04 bits per heavy atom. The molecule has 0 fully saturated rings. The second-order valence-electron chi connectivity index (χ2n) is 5.23. The first kappa shape index (κ1) is 17.6. The van der Waals surface area contributed by atoms with E-state index in [1.807, 2.05) is 0 Å². The molecule has 9 heteroatoms. The Morgan fingerprint density at radius 2 is 1.73 bits per heavy atom. The molecule has 0 spiro atoms. The highest BCUT2D eigenvalue weighted by atomic mass is 32.2. The average Bonchev–Trinajstić information content (AvgIpc) is 2.64. The zero-order chi connectivity index (χ0) is 18.9. The maximum absolute atomic E-state index is 12.6. The number of methoxy groups -OCH3 is 2. The van der Waals surface area contributed by atoms with Gasteiger partial charge in [-0.3, -0.25) is 4.72 Å². The van der Waals surface area contributed by atoms with Crippen molar-refractivity contribution in [3.63, 3.8) is 0 Å². The minimum Gasteiger partial charge on any atom is -0.505 e. The third-order valence-electron chi connectivity index (χ3n) is 3.69. The van der Waals surface area contributed by atoms with Crippen LogP contribution in [-0.4, -0.2) is 27.7 Å². The van der Waals surface area contributed by atoms with Crippen molar-refractivity contribution >= 4 is 26.7 Å². The molecule has 1 aromatic heterocycles. The summed E-state index contributed by atoms with van der Waals surface area (Å²) in [5.74, 6) is 0.0329. The molecular formula is C17H15NO7S. The van der Waals surface area contributed by atoms with Gasteiger partial charge in [0.25, 0.3) is 10.0 Å². The number of rotatable bonds is 5. The van der Waals surface area contributed by atoms with Gasteiger partial charge in [-0.25, -0.2) is 13.2 Å². The Labute approximate surface area is 148 Å². The van der Waals surface area contributed by atoms with Crippen LogP contribution in [0.15, 0.2) is 56.6 Å². The highest BCUT2D eigenvalue weighted by Crippen LogP contribution is 2.33. The van der Waals surface area contributed by atoms with E-state index in [-0.39, 0.29) is 21.6 Å². The van der Waals surface area contributed by atoms with Gasteiger partial charge in [-0.15, -0.1) is 0 Å². The van der Waals surface area contributed by atoms with Crippen LogP contribution >= 0.6 is 0 Å². The normalized spacial score (nSPS) is 11.3. The predicted molar refractivity (Wildman–Crippen MR) is 94.5 cm³/mol. The zero-order valence-corrected chi connectivity index (χ0v) is 14.7. The third-order valence-corrected chi connectivity index (χ3v) is 5.03. The minimum absolute atomic E-state index is 0.143. The standard InChI is InChI=1S/C17H15NO7S/c1-23-13-8-7-10(9-14(13)24-2)26(21,22)18-15-16(19)11-5-3-4-6-12(11)25-17(15)20/h3-9,18-19H,1-2H3. The summed E-state index contributed by atoms with van der Waals surface area (Å²) in [5.41, 5.74) is -1.44. The SMILES string of the molecule is COc1ccc(S(=O)(=O)Nc2c(O)c3ccccc3oc2=O)cc1OC. The van der Waals surface area contributed by atoms with Gasteiger partial charge >= 0.3 is 5.63 Å². The molecule has 3 aromatic rings. The molecule has 0 atom stereocenters. The van der Waals surface area contributed by atoms with Crippen molar-refractivity contribution in [2.24, 2.45) is 0 Å². The van der Waals surface area contributed by atoms with Gasteiger partial charge in [0.1, 0.15) is 5.58 Å². The van der Waals surface area contributed by atoms with Crippen LogP contribution < -0.4 is 19.8 Å². The predicted octanol–water partition coefficient (Wildman–Crippen LogP) is 2.32. The Bertz CT molecular complexity index is 1140. The molecule has 0 radical (unpaired) electrons. The summed E-state index contributed by atoms with van der Waals surface area (Å²) >= 11 is 0. The zero-order valence-electron chi connectivity index (χ0n) is 13.8. The summed E-state index contributed by atoms with van der Waals surface area (Å²) in [7, 11) is -1.40. The van der Waals surface area contributed by atoms with Gasteiger partial charge in [0.05, 0.1) is 24.5 Å². The topological polar surface area (TPSA) is 115 Å². The number of anilines is 1. The van der Waals surface area contributed by atoms with E-state index in [2.05, 4.69) is 4.72 Å². The first-order valence-corrected chi connectivity index (χ1v) is 8.85. The summed E-state index contributed by atoms with van der Waals surface area (Å²) in [5, 5.41) is 10.5. The Hall–Kier alpha value is -3.20. The van der Waals surface area contributed by atoms with Crippen LogP contribution in [0.25, 0.3) is 11.0 Å². The molecule has 3 rings (SSSR count). The van der Waals surface area contributed by atoms with Crippen LogP contribution in [0.3, 0.4) is 0 Å². The first-order valence-electron chi connectivity index (χ1n) is 7.37. The van der Waals surface area contributed by atoms with Gasteiger partial charge in [0.2, 0.25) is 0 Å². The summed E-state index contributed by atoms with van der Waals surface area (Å²) in [6, 6.07) is 10.2. The highest BCUT2D eigenvalue weighted by Gasteiger charge is 2.22. The van der Waals surface area contributed by atoms with Crippen LogP contribution in [0.1, 0.15) is 0 Å². The number of sulfonamides is 1. The van der Waals surface area contributed by atoms with Crippen molar-refractivity contribution < 1.29 is 27.4 Å². The number of aromatic hydroxyl groups is 1. The summed E-state index contributed by atoms with van der Waals surface area (Å²) in [6.07, 6.45) is 0. The number of nitrogens with one attached hydrogen (secondary N) is 1. The number of fused-ring (bicyclic) bond motifs is 1. The monoisotopic (exact) mass is 377 g/mol. The average molecular weight is 377 g/mol. The van der Waals surface area contributed by atoms with Gasteiger partial charge in [-0.1, -0.05) is 12.1 Å². The van der Waals surface area contributed by atoms with E-state index in [9.17, 15) is 18.3 Å². The highest BCUT2D eigenvalue weighted by molar-refractivity contribution is 7.92. The van der Waals surface area contributed by atoms with Crippen LogP contribution in [0, 0.1) is 0 Å². The molecular weight excluding hydrogens is 362 g/mol. The van der Waals surface area contributed by atoms with Crippen LogP contribution in [0.5, 0.6) is 17.2 Å². The molecule has 0 aliphatic rings. The van der Waals surface area contributed by atoms with E-state index in [1.54, 1.807) is 12.1 Å². The molecule has 2 aromatic carbocycles. The van der Waals surface area contributed by atoms with Gasteiger partial charge < -0.3 is 19.0 Å². The van der Waals surface area contributed by atoms with E-state index in [4.69, 9.17) is 13.9 Å². The molecule has 2 N–H and O–H groups in total. The number of benzene rings is 2. The van der Waals surface area contributed by atoms with Crippen LogP contribution in [0.4, 0.5) is 5.69 Å². The maximum atomic E-state index is 12.6. The van der Waals surface area contributed by atoms with E-state index < -0.39 is 27.1 Å². The Kier molecular flexibility index (Phi) is 4.47. The van der Waals surface area contributed by atoms with Crippen molar-refractivity contribution in [2.45, 2.75) is 4.90 Å². The fourth-order valence-corrected chi connectivity index (χ4v) is 3.48. The molecule has 26 heavy (non-hydrogen) atoms. The van der Waals surface area contributed by atoms with Crippen molar-refractivity contribution in [3.05, 3.63) is 52.9 Å². The lowest BCUT2D eigenvalue weighted by Crippen LogP contribution is -2.18. The molecule has 8 nitrogen and oxygen atoms in total. The van der Waals surface area contributed by atoms with Gasteiger partial charge in [0.15, 0.2) is 22.9 Å². The van der Waals surface area contributed by atoms with E-state index in [0.29, 0.717) is 5.75 Å². The Morgan fingerprint density at radius 3 is 2.42 bits per heavy atom. The number of hydrogen-bond donors (Lipinski definition) is 2. The quantitative estimate of drug-likeness (QED) is 0.656. The molecule has 136 valence electrons. The van der Waals surface area contributed by atoms with Crippen LogP contribution in [0.2, 0.25) is 0 Å². The van der Waals surface area contributed by atoms with Crippen molar-refractivity contribution in [2.75, 3.05) is 18.9 Å². The van der Waals surface area contributed by atoms with E-state index in [0.717, 1.165) is 0 Å². The number of hydrogen-bond acceptors (Lipinski definition) is 7. The lowest BCUT2D eigenvalue weighted by Gasteiger charge is -2.12. The minimum atomic E-state index is -4.19. The second kappa shape index (κ2) is 6.60. The molecule has 1 heterocycles. The molecule has 0 aliphatic carbocycles. The fraction of sp³-hybridized carbons (Fsp3) is 0.118. The first-order chi connectivity index (χ1) is 12.4. The smallest absolute Gasteiger partial charge is 0.364 e. The maximum Gasteiger partial charge on any atom is 0.364 e. The number of para-hydroxylation sites is 1. The largest absolute Gasteiger partial charge is 0.505 e. The van der Waals surface area contributed by atoms with Gasteiger partial charge in [0, 0.05) is 6.07 Å². The van der Waals surface area contributed by atoms with Crippen molar-refractivity contribution in [1.82, 2.24) is 0 Å². The third kappa shape index (κ3) is 3.04. The number of ether oxygens (including phenoxy) is 2. The van der Waals surface area contributed by atoms with Gasteiger partial charge in [-0.05, 0) is 24.3 Å². The van der Waals surface area contributed by atoms with Crippen LogP contribution in [-0.2, 0) is 10.0 Å². The summed E-state index contributed by atoms with van der Waals surface area (Å²) in [4.78, 5) is 11.9. The lowest BCUT2D eigenvalue weighted by atomic mass is 10.2. The molecule has 0 aliphatic heterocycles. The summed E-state index contributed by atoms with van der Waals surface area (Å²) < 4.78 is 42.5. The molecule has 0 bridgehead atoms. The fourth-order valence-electron chi connectivity index (χ4n) is 2.40. The Balaban J connectivity index is 2.08. The molecule has 0 saturated carbocycles. The molecule has 0 amide bonds. The van der Waals surface area contributed by atoms with Crippen molar-refractivity contribution in [1.29, 1.82) is 0 Å². The van der Waals surface area contributed by atoms with E-state index in [1.165, 1.54) is 44.6 Å². The summed E-state index contributed by atoms with van der Waals surface area (Å²) in [6.45, 7) is 0. The van der Waals surface area contributed by atoms with Crippen molar-refractivity contribution in [3.8, 4) is 17.2 Å². The van der Waals surface area contributed by atoms with E-state index >= 15 is 0 Å².